The summed E-state index contributed by atoms with van der Waals surface area (Å²) in [6.07, 6.45) is 0. The number of ether oxygens (including phenoxy) is 2. The third-order valence-electron chi connectivity index (χ3n) is 3.32. The molecule has 1 amide bonds. The highest BCUT2D eigenvalue weighted by atomic mass is 16.7. The highest BCUT2D eigenvalue weighted by Crippen LogP contribution is 2.39. The number of fused-ring (bicyclic) bond motifs is 1. The van der Waals surface area contributed by atoms with Gasteiger partial charge in [0.25, 0.3) is 0 Å². The van der Waals surface area contributed by atoms with Crippen molar-refractivity contribution in [2.75, 3.05) is 13.3 Å². The molecular weight excluding hydrogens is 220 g/mol. The van der Waals surface area contributed by atoms with Crippen molar-refractivity contribution in [1.82, 2.24) is 4.90 Å². The predicted molar refractivity (Wildman–Crippen MR) is 60.7 cm³/mol. The molecule has 3 rings (SSSR count). The van der Waals surface area contributed by atoms with Crippen LogP contribution < -0.4 is 15.2 Å². The Bertz CT molecular complexity index is 475. The second-order valence-corrected chi connectivity index (χ2v) is 4.21. The van der Waals surface area contributed by atoms with Gasteiger partial charge in [0.15, 0.2) is 11.5 Å². The Morgan fingerprint density at radius 3 is 2.94 bits per heavy atom. The third-order valence-corrected chi connectivity index (χ3v) is 3.32. The monoisotopic (exact) mass is 234 g/mol. The number of rotatable bonds is 2. The maximum Gasteiger partial charge on any atom is 0.242 e. The molecule has 17 heavy (non-hydrogen) atoms. The molecule has 1 saturated heterocycles. The highest BCUT2D eigenvalue weighted by molar-refractivity contribution is 5.89. The molecule has 90 valence electrons. The SMILES string of the molecule is CCN1C(=O)[C@H](N)[C@@H]1c1ccc2c(c1)OCO2. The summed E-state index contributed by atoms with van der Waals surface area (Å²) >= 11 is 0. The van der Waals surface area contributed by atoms with Crippen LogP contribution in [0.3, 0.4) is 0 Å². The fourth-order valence-corrected chi connectivity index (χ4v) is 2.41. The number of hydrogen-bond donors (Lipinski definition) is 1. The molecule has 2 aliphatic heterocycles. The fraction of sp³-hybridized carbons (Fsp3) is 0.417. The van der Waals surface area contributed by atoms with E-state index in [1.54, 1.807) is 4.90 Å². The van der Waals surface area contributed by atoms with Gasteiger partial charge in [-0.2, -0.15) is 0 Å². The Morgan fingerprint density at radius 2 is 2.18 bits per heavy atom. The van der Waals surface area contributed by atoms with E-state index in [4.69, 9.17) is 15.2 Å². The van der Waals surface area contributed by atoms with E-state index in [9.17, 15) is 4.79 Å². The number of carbonyl (C=O) groups is 1. The van der Waals surface area contributed by atoms with E-state index in [0.717, 1.165) is 17.1 Å². The van der Waals surface area contributed by atoms with Crippen LogP contribution in [0.25, 0.3) is 0 Å². The zero-order valence-electron chi connectivity index (χ0n) is 9.55. The van der Waals surface area contributed by atoms with Gasteiger partial charge in [0.2, 0.25) is 12.7 Å². The van der Waals surface area contributed by atoms with Gasteiger partial charge in [0.05, 0.1) is 6.04 Å². The summed E-state index contributed by atoms with van der Waals surface area (Å²) < 4.78 is 10.6. The van der Waals surface area contributed by atoms with Crippen molar-refractivity contribution in [3.05, 3.63) is 23.8 Å². The first-order valence-corrected chi connectivity index (χ1v) is 5.68. The molecule has 0 saturated carbocycles. The Labute approximate surface area is 99.1 Å². The topological polar surface area (TPSA) is 64.8 Å². The number of amides is 1. The van der Waals surface area contributed by atoms with Crippen molar-refractivity contribution < 1.29 is 14.3 Å². The molecule has 5 heteroatoms. The van der Waals surface area contributed by atoms with Gasteiger partial charge in [-0.1, -0.05) is 6.07 Å². The highest BCUT2D eigenvalue weighted by Gasteiger charge is 2.44. The number of likely N-dealkylation sites (tertiary alicyclic amines) is 1. The van der Waals surface area contributed by atoms with Crippen LogP contribution in [-0.4, -0.2) is 30.2 Å². The van der Waals surface area contributed by atoms with E-state index >= 15 is 0 Å². The van der Waals surface area contributed by atoms with Gasteiger partial charge in [-0.25, -0.2) is 0 Å². The molecule has 1 aromatic rings. The van der Waals surface area contributed by atoms with Crippen LogP contribution in [0.5, 0.6) is 11.5 Å². The normalized spacial score (nSPS) is 26.0. The lowest BCUT2D eigenvalue weighted by atomic mass is 9.89. The molecule has 0 aliphatic carbocycles. The summed E-state index contributed by atoms with van der Waals surface area (Å²) in [6.45, 7) is 2.88. The number of likely N-dealkylation sites (N-methyl/N-ethyl adjacent to an activating group) is 1. The van der Waals surface area contributed by atoms with E-state index in [-0.39, 0.29) is 18.7 Å². The van der Waals surface area contributed by atoms with Crippen molar-refractivity contribution in [2.45, 2.75) is 19.0 Å². The molecule has 0 aromatic heterocycles. The number of β-lactam (4-membered cyclic amide) rings is 1. The average molecular weight is 234 g/mol. The Morgan fingerprint density at radius 1 is 1.41 bits per heavy atom. The third kappa shape index (κ3) is 1.39. The Balaban J connectivity index is 1.92. The molecule has 2 N–H and O–H groups in total. The molecule has 0 bridgehead atoms. The van der Waals surface area contributed by atoms with E-state index in [2.05, 4.69) is 0 Å². The second-order valence-electron chi connectivity index (χ2n) is 4.21. The molecule has 2 aliphatic rings. The van der Waals surface area contributed by atoms with E-state index in [1.807, 2.05) is 25.1 Å². The van der Waals surface area contributed by atoms with Gasteiger partial charge in [-0.3, -0.25) is 4.79 Å². The minimum atomic E-state index is -0.435. The summed E-state index contributed by atoms with van der Waals surface area (Å²) in [6, 6.07) is 5.23. The van der Waals surface area contributed by atoms with Crippen LogP contribution in [0.2, 0.25) is 0 Å². The summed E-state index contributed by atoms with van der Waals surface area (Å²) in [5.41, 5.74) is 6.85. The molecule has 0 unspecified atom stereocenters. The van der Waals surface area contributed by atoms with Gasteiger partial charge >= 0.3 is 0 Å². The standard InChI is InChI=1S/C12H14N2O3/c1-2-14-11(10(13)12(14)15)7-3-4-8-9(5-7)17-6-16-8/h3-5,10-11H,2,6,13H2,1H3/t10-,11+/m1/s1. The van der Waals surface area contributed by atoms with Crippen LogP contribution in [0.15, 0.2) is 18.2 Å². The molecule has 1 fully saturated rings. The lowest BCUT2D eigenvalue weighted by Crippen LogP contribution is -2.62. The van der Waals surface area contributed by atoms with Crippen LogP contribution >= 0.6 is 0 Å². The van der Waals surface area contributed by atoms with Gasteiger partial charge in [0, 0.05) is 6.54 Å². The van der Waals surface area contributed by atoms with Crippen LogP contribution in [-0.2, 0) is 4.79 Å². The molecule has 0 radical (unpaired) electrons. The molecule has 1 aromatic carbocycles. The molecule has 0 spiro atoms. The van der Waals surface area contributed by atoms with Crippen molar-refractivity contribution >= 4 is 5.91 Å². The maximum absolute atomic E-state index is 11.6. The summed E-state index contributed by atoms with van der Waals surface area (Å²) in [7, 11) is 0. The quantitative estimate of drug-likeness (QED) is 0.763. The zero-order chi connectivity index (χ0) is 12.0. The largest absolute Gasteiger partial charge is 0.454 e. The minimum Gasteiger partial charge on any atom is -0.454 e. The first-order valence-electron chi connectivity index (χ1n) is 5.68. The zero-order valence-corrected chi connectivity index (χ0v) is 9.55. The lowest BCUT2D eigenvalue weighted by molar-refractivity contribution is -0.149. The van der Waals surface area contributed by atoms with E-state index < -0.39 is 6.04 Å². The summed E-state index contributed by atoms with van der Waals surface area (Å²) in [5, 5.41) is 0. The van der Waals surface area contributed by atoms with Gasteiger partial charge in [0.1, 0.15) is 6.04 Å². The number of carbonyl (C=O) groups excluding carboxylic acids is 1. The summed E-state index contributed by atoms with van der Waals surface area (Å²) in [4.78, 5) is 13.3. The van der Waals surface area contributed by atoms with Crippen molar-refractivity contribution in [3.63, 3.8) is 0 Å². The number of hydrogen-bond acceptors (Lipinski definition) is 4. The predicted octanol–water partition coefficient (Wildman–Crippen LogP) is 0.646. The van der Waals surface area contributed by atoms with Gasteiger partial charge in [-0.05, 0) is 24.6 Å². The average Bonchev–Trinajstić information content (AvgIpc) is 2.81. The van der Waals surface area contributed by atoms with Crippen LogP contribution in [0, 0.1) is 0 Å². The summed E-state index contributed by atoms with van der Waals surface area (Å²) in [5.74, 6) is 1.48. The van der Waals surface area contributed by atoms with Gasteiger partial charge < -0.3 is 20.1 Å². The molecule has 2 atom stereocenters. The molecular formula is C12H14N2O3. The fourth-order valence-electron chi connectivity index (χ4n) is 2.41. The number of nitrogens with two attached hydrogens (primary N) is 1. The number of benzene rings is 1. The molecule has 2 heterocycles. The lowest BCUT2D eigenvalue weighted by Gasteiger charge is -2.45. The Kier molecular flexibility index (Phi) is 2.22. The van der Waals surface area contributed by atoms with E-state index in [0.29, 0.717) is 6.54 Å². The maximum atomic E-state index is 11.6. The van der Waals surface area contributed by atoms with Crippen molar-refractivity contribution in [3.8, 4) is 11.5 Å². The van der Waals surface area contributed by atoms with Crippen molar-refractivity contribution in [1.29, 1.82) is 0 Å². The minimum absolute atomic E-state index is 0.00941. The number of nitrogens with zero attached hydrogens (tertiary/aromatic N) is 1. The van der Waals surface area contributed by atoms with Crippen LogP contribution in [0.4, 0.5) is 0 Å². The van der Waals surface area contributed by atoms with Gasteiger partial charge in [-0.15, -0.1) is 0 Å². The van der Waals surface area contributed by atoms with Crippen LogP contribution in [0.1, 0.15) is 18.5 Å². The first kappa shape index (κ1) is 10.4. The first-order chi connectivity index (χ1) is 8.22. The second kappa shape index (κ2) is 3.63. The van der Waals surface area contributed by atoms with Crippen molar-refractivity contribution in [2.24, 2.45) is 5.73 Å². The Hall–Kier alpha value is -1.75. The smallest absolute Gasteiger partial charge is 0.242 e. The molecule has 5 nitrogen and oxygen atoms in total. The van der Waals surface area contributed by atoms with E-state index in [1.165, 1.54) is 0 Å².